The van der Waals surface area contributed by atoms with Crippen LogP contribution >= 0.6 is 46.6 Å². The molecule has 0 unspecified atom stereocenters. The van der Waals surface area contributed by atoms with Crippen molar-refractivity contribution >= 4 is 46.6 Å². The maximum absolute atomic E-state index is 9.72. The Hall–Kier alpha value is -0.550. The van der Waals surface area contributed by atoms with Gasteiger partial charge in [0, 0.05) is 17.0 Å². The van der Waals surface area contributed by atoms with E-state index in [2.05, 4.69) is 5.10 Å². The molecule has 90 valence electrons. The molecule has 1 aromatic carbocycles. The van der Waals surface area contributed by atoms with E-state index >= 15 is 0 Å². The molecule has 0 aliphatic carbocycles. The molecule has 0 bridgehead atoms. The van der Waals surface area contributed by atoms with Crippen molar-refractivity contribution in [3.8, 4) is 5.75 Å². The van der Waals surface area contributed by atoms with E-state index in [9.17, 15) is 5.11 Å². The second-order valence-corrected chi connectivity index (χ2v) is 5.48. The quantitative estimate of drug-likeness (QED) is 0.902. The summed E-state index contributed by atoms with van der Waals surface area (Å²) in [5.41, 5.74) is 0. The average Bonchev–Trinajstić information content (AvgIpc) is 2.48. The second-order valence-electron chi connectivity index (χ2n) is 3.24. The molecule has 0 fully saturated rings. The number of benzene rings is 1. The molecule has 2 aromatic rings. The van der Waals surface area contributed by atoms with Crippen LogP contribution in [0.3, 0.4) is 0 Å². The molecule has 0 radical (unpaired) electrons. The molecule has 0 amide bonds. The maximum Gasteiger partial charge on any atom is 0.194 e. The summed E-state index contributed by atoms with van der Waals surface area (Å²) in [5, 5.41) is 15.3. The summed E-state index contributed by atoms with van der Waals surface area (Å²) < 4.78 is 1.49. The van der Waals surface area contributed by atoms with Gasteiger partial charge < -0.3 is 5.11 Å². The molecule has 0 aliphatic rings. The maximum atomic E-state index is 9.72. The zero-order valence-corrected chi connectivity index (χ0v) is 11.7. The van der Waals surface area contributed by atoms with E-state index in [1.165, 1.54) is 16.4 Å². The van der Waals surface area contributed by atoms with Crippen LogP contribution in [0.5, 0.6) is 5.75 Å². The third-order valence-corrected chi connectivity index (χ3v) is 4.17. The first-order chi connectivity index (χ1) is 7.99. The molecular weight excluding hydrogens is 303 g/mol. The first kappa shape index (κ1) is 12.9. The Morgan fingerprint density at radius 3 is 2.53 bits per heavy atom. The predicted octanol–water partition coefficient (Wildman–Crippen LogP) is 4.24. The molecule has 1 aromatic heterocycles. The van der Waals surface area contributed by atoms with Gasteiger partial charge in [-0.1, -0.05) is 46.6 Å². The summed E-state index contributed by atoms with van der Waals surface area (Å²) in [5.74, 6) is -0.0508. The molecule has 0 saturated carbocycles. The van der Waals surface area contributed by atoms with Crippen LogP contribution in [0, 0.1) is 0 Å². The molecule has 3 nitrogen and oxygen atoms in total. The highest BCUT2D eigenvalue weighted by Gasteiger charge is 2.16. The lowest BCUT2D eigenvalue weighted by atomic mass is 10.4. The molecule has 0 spiro atoms. The third kappa shape index (κ3) is 2.65. The number of aromatic hydroxyl groups is 1. The molecule has 7 heteroatoms. The van der Waals surface area contributed by atoms with E-state index in [0.29, 0.717) is 15.1 Å². The van der Waals surface area contributed by atoms with Gasteiger partial charge in [0.2, 0.25) is 0 Å². The molecule has 0 saturated heterocycles. The minimum Gasteiger partial charge on any atom is -0.503 e. The van der Waals surface area contributed by atoms with E-state index in [1.54, 1.807) is 25.2 Å². The van der Waals surface area contributed by atoms with Crippen LogP contribution in [0.1, 0.15) is 0 Å². The van der Waals surface area contributed by atoms with Gasteiger partial charge in [0.15, 0.2) is 10.9 Å². The Balaban J connectivity index is 2.38. The van der Waals surface area contributed by atoms with Crippen molar-refractivity contribution in [1.29, 1.82) is 0 Å². The Kier molecular flexibility index (Phi) is 3.78. The summed E-state index contributed by atoms with van der Waals surface area (Å²) in [6.07, 6.45) is 0. The Morgan fingerprint density at radius 2 is 2.00 bits per heavy atom. The van der Waals surface area contributed by atoms with Crippen LogP contribution in [-0.2, 0) is 7.05 Å². The highest BCUT2D eigenvalue weighted by Crippen LogP contribution is 2.41. The van der Waals surface area contributed by atoms with Crippen molar-refractivity contribution in [2.45, 2.75) is 9.92 Å². The molecule has 17 heavy (non-hydrogen) atoms. The fourth-order valence-electron chi connectivity index (χ4n) is 1.24. The number of hydrogen-bond acceptors (Lipinski definition) is 3. The number of aromatic nitrogens is 2. The Morgan fingerprint density at radius 1 is 1.29 bits per heavy atom. The van der Waals surface area contributed by atoms with Crippen molar-refractivity contribution in [1.82, 2.24) is 9.78 Å². The summed E-state index contributed by atoms with van der Waals surface area (Å²) in [7, 11) is 1.69. The number of hydrogen-bond donors (Lipinski definition) is 1. The smallest absolute Gasteiger partial charge is 0.194 e. The van der Waals surface area contributed by atoms with Gasteiger partial charge in [-0.15, -0.1) is 0 Å². The minimum absolute atomic E-state index is 0.0508. The normalized spacial score (nSPS) is 10.8. The van der Waals surface area contributed by atoms with E-state index in [-0.39, 0.29) is 10.9 Å². The van der Waals surface area contributed by atoms with Gasteiger partial charge >= 0.3 is 0 Å². The lowest BCUT2D eigenvalue weighted by Gasteiger charge is -2.05. The Labute approximate surface area is 117 Å². The predicted molar refractivity (Wildman–Crippen MR) is 70.5 cm³/mol. The third-order valence-electron chi connectivity index (χ3n) is 2.03. The van der Waals surface area contributed by atoms with Gasteiger partial charge in [-0.05, 0) is 18.2 Å². The van der Waals surface area contributed by atoms with Crippen LogP contribution in [0.15, 0.2) is 28.1 Å². The largest absolute Gasteiger partial charge is 0.503 e. The van der Waals surface area contributed by atoms with E-state index in [0.717, 1.165) is 4.90 Å². The van der Waals surface area contributed by atoms with Crippen LogP contribution in [0.2, 0.25) is 15.2 Å². The van der Waals surface area contributed by atoms with Crippen LogP contribution in [-0.4, -0.2) is 14.9 Å². The highest BCUT2D eigenvalue weighted by molar-refractivity contribution is 7.99. The molecule has 1 heterocycles. The SMILES string of the molecule is Cn1nc(Cl)c(O)c1Sc1ccc(Cl)cc1Cl. The summed E-state index contributed by atoms with van der Waals surface area (Å²) in [6, 6.07) is 5.14. The average molecular weight is 310 g/mol. The summed E-state index contributed by atoms with van der Waals surface area (Å²) in [4.78, 5) is 0.769. The fraction of sp³-hybridized carbons (Fsp3) is 0.100. The number of rotatable bonds is 2. The number of nitrogens with zero attached hydrogens (tertiary/aromatic N) is 2. The zero-order valence-electron chi connectivity index (χ0n) is 8.62. The van der Waals surface area contributed by atoms with Gasteiger partial charge in [-0.2, -0.15) is 5.10 Å². The molecular formula is C10H7Cl3N2OS. The molecule has 2 rings (SSSR count). The standard InChI is InChI=1S/C10H7Cl3N2OS/c1-15-10(8(16)9(13)14-15)17-7-3-2-5(11)4-6(7)12/h2-4,16H,1H3. The first-order valence-corrected chi connectivity index (χ1v) is 6.48. The lowest BCUT2D eigenvalue weighted by Crippen LogP contribution is -1.91. The Bertz CT molecular complexity index is 571. The number of halogens is 3. The van der Waals surface area contributed by atoms with Gasteiger partial charge in [-0.25, -0.2) is 0 Å². The van der Waals surface area contributed by atoms with Gasteiger partial charge in [0.25, 0.3) is 0 Å². The summed E-state index contributed by atoms with van der Waals surface area (Å²) in [6.45, 7) is 0. The zero-order chi connectivity index (χ0) is 12.6. The minimum atomic E-state index is -0.0508. The van der Waals surface area contributed by atoms with Crippen molar-refractivity contribution in [2.24, 2.45) is 7.05 Å². The molecule has 1 N–H and O–H groups in total. The highest BCUT2D eigenvalue weighted by atomic mass is 35.5. The molecule has 0 aliphatic heterocycles. The fourth-order valence-corrected chi connectivity index (χ4v) is 2.89. The topological polar surface area (TPSA) is 38.0 Å². The second kappa shape index (κ2) is 4.98. The van der Waals surface area contributed by atoms with E-state index in [1.807, 2.05) is 0 Å². The summed E-state index contributed by atoms with van der Waals surface area (Å²) >= 11 is 18.8. The van der Waals surface area contributed by atoms with Crippen molar-refractivity contribution in [3.63, 3.8) is 0 Å². The molecule has 0 atom stereocenters. The monoisotopic (exact) mass is 308 g/mol. The van der Waals surface area contributed by atoms with Crippen molar-refractivity contribution in [2.75, 3.05) is 0 Å². The van der Waals surface area contributed by atoms with Gasteiger partial charge in [-0.3, -0.25) is 4.68 Å². The van der Waals surface area contributed by atoms with Crippen LogP contribution in [0.4, 0.5) is 0 Å². The van der Waals surface area contributed by atoms with Gasteiger partial charge in [0.1, 0.15) is 5.03 Å². The van der Waals surface area contributed by atoms with E-state index < -0.39 is 0 Å². The van der Waals surface area contributed by atoms with Crippen LogP contribution in [0.25, 0.3) is 0 Å². The lowest BCUT2D eigenvalue weighted by molar-refractivity contribution is 0.457. The van der Waals surface area contributed by atoms with Gasteiger partial charge in [0.05, 0.1) is 5.02 Å². The number of aryl methyl sites for hydroxylation is 1. The van der Waals surface area contributed by atoms with Crippen molar-refractivity contribution < 1.29 is 5.11 Å². The first-order valence-electron chi connectivity index (χ1n) is 4.53. The van der Waals surface area contributed by atoms with Crippen LogP contribution < -0.4 is 0 Å². The van der Waals surface area contributed by atoms with E-state index in [4.69, 9.17) is 34.8 Å². The van der Waals surface area contributed by atoms with Crippen molar-refractivity contribution in [3.05, 3.63) is 33.4 Å².